The minimum Gasteiger partial charge on any atom is -0.308 e. The van der Waals surface area contributed by atoms with Gasteiger partial charge in [-0.3, -0.25) is 4.79 Å². The molecule has 0 unspecified atom stereocenters. The van der Waals surface area contributed by atoms with E-state index in [2.05, 4.69) is 12.1 Å². The van der Waals surface area contributed by atoms with Crippen molar-refractivity contribution in [3.63, 3.8) is 0 Å². The van der Waals surface area contributed by atoms with Crippen molar-refractivity contribution in [1.82, 2.24) is 0 Å². The third-order valence-corrected chi connectivity index (χ3v) is 3.62. The zero-order valence-corrected chi connectivity index (χ0v) is 11.0. The molecule has 0 N–H and O–H groups in total. The Morgan fingerprint density at radius 3 is 2.55 bits per heavy atom. The maximum absolute atomic E-state index is 12.2. The first-order valence-corrected chi connectivity index (χ1v) is 6.65. The van der Waals surface area contributed by atoms with E-state index in [1.54, 1.807) is 12.1 Å². The summed E-state index contributed by atoms with van der Waals surface area (Å²) in [5, 5.41) is 8.81. The Labute approximate surface area is 118 Å². The number of fused-ring (bicyclic) bond motifs is 1. The van der Waals surface area contributed by atoms with E-state index < -0.39 is 0 Å². The van der Waals surface area contributed by atoms with Crippen molar-refractivity contribution >= 4 is 11.6 Å². The summed E-state index contributed by atoms with van der Waals surface area (Å²) in [4.78, 5) is 14.0. The van der Waals surface area contributed by atoms with Crippen molar-refractivity contribution in [2.75, 3.05) is 4.90 Å². The molecule has 0 saturated heterocycles. The Morgan fingerprint density at radius 1 is 1.05 bits per heavy atom. The highest BCUT2D eigenvalue weighted by molar-refractivity contribution is 5.96. The van der Waals surface area contributed by atoms with Crippen molar-refractivity contribution < 1.29 is 4.79 Å². The second-order valence-corrected chi connectivity index (χ2v) is 4.92. The van der Waals surface area contributed by atoms with E-state index in [0.717, 1.165) is 17.7 Å². The second-order valence-electron chi connectivity index (χ2n) is 4.92. The predicted molar refractivity (Wildman–Crippen MR) is 77.1 cm³/mol. The molecule has 0 radical (unpaired) electrons. The summed E-state index contributed by atoms with van der Waals surface area (Å²) in [5.41, 5.74) is 3.90. The number of nitrogens with zero attached hydrogens (tertiary/aromatic N) is 2. The SMILES string of the molecule is N#Cc1ccc(CN2C(=O)CCc3ccccc32)cc1. The molecular weight excluding hydrogens is 248 g/mol. The number of anilines is 1. The van der Waals surface area contributed by atoms with Gasteiger partial charge >= 0.3 is 0 Å². The predicted octanol–water partition coefficient (Wildman–Crippen LogP) is 3.04. The normalized spacial score (nSPS) is 13.8. The standard InChI is InChI=1S/C17H14N2O/c18-11-13-5-7-14(8-6-13)12-19-16-4-2-1-3-15(16)9-10-17(19)20/h1-8H,9-10,12H2. The highest BCUT2D eigenvalue weighted by Crippen LogP contribution is 2.28. The molecule has 0 bridgehead atoms. The third-order valence-electron chi connectivity index (χ3n) is 3.62. The summed E-state index contributed by atoms with van der Waals surface area (Å²) in [6, 6.07) is 17.5. The molecular formula is C17H14N2O. The van der Waals surface area contributed by atoms with Crippen LogP contribution in [-0.2, 0) is 17.8 Å². The van der Waals surface area contributed by atoms with Gasteiger partial charge in [-0.25, -0.2) is 0 Å². The first kappa shape index (κ1) is 12.4. The van der Waals surface area contributed by atoms with Crippen molar-refractivity contribution in [3.8, 4) is 6.07 Å². The van der Waals surface area contributed by atoms with Gasteiger partial charge < -0.3 is 4.90 Å². The van der Waals surface area contributed by atoms with Crippen molar-refractivity contribution in [1.29, 1.82) is 5.26 Å². The summed E-state index contributed by atoms with van der Waals surface area (Å²) in [6.45, 7) is 0.557. The molecule has 0 fully saturated rings. The molecule has 2 aromatic rings. The molecule has 3 rings (SSSR count). The number of carbonyl (C=O) groups excluding carboxylic acids is 1. The van der Waals surface area contributed by atoms with Crippen LogP contribution in [0, 0.1) is 11.3 Å². The van der Waals surface area contributed by atoms with Gasteiger partial charge in [-0.05, 0) is 35.7 Å². The van der Waals surface area contributed by atoms with Crippen LogP contribution in [0.3, 0.4) is 0 Å². The zero-order valence-electron chi connectivity index (χ0n) is 11.0. The number of para-hydroxylation sites is 1. The fourth-order valence-corrected chi connectivity index (χ4v) is 2.54. The van der Waals surface area contributed by atoms with Crippen LogP contribution in [0.2, 0.25) is 0 Å². The number of rotatable bonds is 2. The second kappa shape index (κ2) is 5.18. The van der Waals surface area contributed by atoms with E-state index in [0.29, 0.717) is 18.5 Å². The van der Waals surface area contributed by atoms with E-state index in [1.165, 1.54) is 5.56 Å². The van der Waals surface area contributed by atoms with Gasteiger partial charge in [0.05, 0.1) is 18.2 Å². The van der Waals surface area contributed by atoms with Crippen molar-refractivity contribution in [2.24, 2.45) is 0 Å². The molecule has 0 spiro atoms. The summed E-state index contributed by atoms with van der Waals surface area (Å²) in [6.07, 6.45) is 1.38. The summed E-state index contributed by atoms with van der Waals surface area (Å²) in [5.74, 6) is 0.160. The Morgan fingerprint density at radius 2 is 1.80 bits per heavy atom. The molecule has 0 saturated carbocycles. The average Bonchev–Trinajstić information content (AvgIpc) is 2.51. The molecule has 20 heavy (non-hydrogen) atoms. The zero-order chi connectivity index (χ0) is 13.9. The van der Waals surface area contributed by atoms with Crippen LogP contribution in [0.15, 0.2) is 48.5 Å². The number of benzene rings is 2. The Bertz CT molecular complexity index is 683. The monoisotopic (exact) mass is 262 g/mol. The Hall–Kier alpha value is -2.60. The summed E-state index contributed by atoms with van der Waals surface area (Å²) in [7, 11) is 0. The van der Waals surface area contributed by atoms with Gasteiger partial charge in [-0.15, -0.1) is 0 Å². The minimum absolute atomic E-state index is 0.160. The molecule has 2 aromatic carbocycles. The van der Waals surface area contributed by atoms with Gasteiger partial charge in [-0.2, -0.15) is 5.26 Å². The van der Waals surface area contributed by atoms with Crippen LogP contribution in [0.4, 0.5) is 5.69 Å². The molecule has 1 amide bonds. The highest BCUT2D eigenvalue weighted by atomic mass is 16.2. The number of nitriles is 1. The van der Waals surface area contributed by atoms with Crippen LogP contribution in [0.1, 0.15) is 23.1 Å². The molecule has 1 aliphatic heterocycles. The summed E-state index contributed by atoms with van der Waals surface area (Å²) >= 11 is 0. The lowest BCUT2D eigenvalue weighted by atomic mass is 10.0. The Balaban J connectivity index is 1.89. The van der Waals surface area contributed by atoms with Gasteiger partial charge in [0.15, 0.2) is 0 Å². The number of hydrogen-bond donors (Lipinski definition) is 0. The van der Waals surface area contributed by atoms with Crippen molar-refractivity contribution in [2.45, 2.75) is 19.4 Å². The number of aryl methyl sites for hydroxylation is 1. The first-order chi connectivity index (χ1) is 9.78. The molecule has 0 aromatic heterocycles. The lowest BCUT2D eigenvalue weighted by molar-refractivity contribution is -0.119. The average molecular weight is 262 g/mol. The van der Waals surface area contributed by atoms with Crippen LogP contribution < -0.4 is 4.90 Å². The van der Waals surface area contributed by atoms with Crippen LogP contribution >= 0.6 is 0 Å². The van der Waals surface area contributed by atoms with Gasteiger partial charge in [0.25, 0.3) is 0 Å². The van der Waals surface area contributed by atoms with Crippen LogP contribution in [-0.4, -0.2) is 5.91 Å². The quantitative estimate of drug-likeness (QED) is 0.835. The van der Waals surface area contributed by atoms with Crippen LogP contribution in [0.25, 0.3) is 0 Å². The minimum atomic E-state index is 0.160. The van der Waals surface area contributed by atoms with Gasteiger partial charge in [-0.1, -0.05) is 30.3 Å². The lowest BCUT2D eigenvalue weighted by Crippen LogP contribution is -2.34. The first-order valence-electron chi connectivity index (χ1n) is 6.65. The maximum atomic E-state index is 12.2. The molecule has 98 valence electrons. The number of carbonyl (C=O) groups is 1. The molecule has 1 aliphatic rings. The molecule has 3 nitrogen and oxygen atoms in total. The fourth-order valence-electron chi connectivity index (χ4n) is 2.54. The largest absolute Gasteiger partial charge is 0.308 e. The lowest BCUT2D eigenvalue weighted by Gasteiger charge is -2.29. The highest BCUT2D eigenvalue weighted by Gasteiger charge is 2.23. The number of amides is 1. The molecule has 1 heterocycles. The van der Waals surface area contributed by atoms with Gasteiger partial charge in [0.2, 0.25) is 5.91 Å². The van der Waals surface area contributed by atoms with E-state index in [-0.39, 0.29) is 5.91 Å². The van der Waals surface area contributed by atoms with E-state index in [1.807, 2.05) is 35.2 Å². The smallest absolute Gasteiger partial charge is 0.227 e. The van der Waals surface area contributed by atoms with Gasteiger partial charge in [0.1, 0.15) is 0 Å². The molecule has 0 atom stereocenters. The topological polar surface area (TPSA) is 44.1 Å². The fraction of sp³-hybridized carbons (Fsp3) is 0.176. The van der Waals surface area contributed by atoms with Crippen LogP contribution in [0.5, 0.6) is 0 Å². The third kappa shape index (κ3) is 2.28. The maximum Gasteiger partial charge on any atom is 0.227 e. The van der Waals surface area contributed by atoms with E-state index in [4.69, 9.17) is 5.26 Å². The van der Waals surface area contributed by atoms with E-state index >= 15 is 0 Å². The Kier molecular flexibility index (Phi) is 3.22. The van der Waals surface area contributed by atoms with Gasteiger partial charge in [0, 0.05) is 12.1 Å². The molecule has 3 heteroatoms. The number of hydrogen-bond acceptors (Lipinski definition) is 2. The summed E-state index contributed by atoms with van der Waals surface area (Å²) < 4.78 is 0. The van der Waals surface area contributed by atoms with E-state index in [9.17, 15) is 4.79 Å². The van der Waals surface area contributed by atoms with Crippen molar-refractivity contribution in [3.05, 3.63) is 65.2 Å². The molecule has 0 aliphatic carbocycles.